The van der Waals surface area contributed by atoms with Crippen molar-refractivity contribution in [3.05, 3.63) is 60.5 Å². The molecular weight excluding hydrogens is 460 g/mol. The molecule has 1 aliphatic rings. The second-order valence-corrected chi connectivity index (χ2v) is 9.28. The van der Waals surface area contributed by atoms with E-state index in [1.54, 1.807) is 36.2 Å². The second-order valence-electron chi connectivity index (χ2n) is 9.28. The minimum atomic E-state index is -1.28. The van der Waals surface area contributed by atoms with E-state index in [4.69, 9.17) is 10.2 Å². The highest BCUT2D eigenvalue weighted by Gasteiger charge is 2.42. The number of nitrogen functional groups attached to an aromatic ring is 1. The van der Waals surface area contributed by atoms with Crippen LogP contribution in [0.3, 0.4) is 0 Å². The van der Waals surface area contributed by atoms with Gasteiger partial charge in [-0.25, -0.2) is 9.67 Å². The third kappa shape index (κ3) is 3.42. The number of fused-ring (bicyclic) bond motifs is 3. The normalized spacial score (nSPS) is 19.9. The molecule has 3 atom stereocenters. The fraction of sp³-hybridized carbons (Fsp3) is 0.320. The molecule has 0 radical (unpaired) electrons. The molecular formula is C25H26N8O3. The number of aliphatic hydroxyl groups excluding tert-OH is 1. The first-order chi connectivity index (χ1) is 17.5. The summed E-state index contributed by atoms with van der Waals surface area (Å²) < 4.78 is 8.44. The predicted octanol–water partition coefficient (Wildman–Crippen LogP) is 2.50. The van der Waals surface area contributed by atoms with Crippen molar-refractivity contribution in [2.24, 2.45) is 0 Å². The molecule has 1 saturated carbocycles. The summed E-state index contributed by atoms with van der Waals surface area (Å²) in [7, 11) is 0. The third-order valence-corrected chi connectivity index (χ3v) is 7.02. The van der Waals surface area contributed by atoms with Gasteiger partial charge in [0.15, 0.2) is 22.6 Å². The number of carbonyl (C=O) groups excluding carboxylic acids is 1. The smallest absolute Gasteiger partial charge is 0.252 e. The number of aromatic nitrogens is 6. The summed E-state index contributed by atoms with van der Waals surface area (Å²) in [5.41, 5.74) is 6.57. The van der Waals surface area contributed by atoms with Gasteiger partial charge in [0.25, 0.3) is 5.91 Å². The lowest BCUT2D eigenvalue weighted by Gasteiger charge is -2.34. The molecule has 11 heteroatoms. The van der Waals surface area contributed by atoms with Crippen molar-refractivity contribution < 1.29 is 14.3 Å². The summed E-state index contributed by atoms with van der Waals surface area (Å²) in [6.45, 7) is 1.79. The van der Waals surface area contributed by atoms with Gasteiger partial charge in [-0.2, -0.15) is 14.6 Å². The van der Waals surface area contributed by atoms with Crippen LogP contribution in [0.4, 0.5) is 5.95 Å². The van der Waals surface area contributed by atoms with E-state index >= 15 is 0 Å². The van der Waals surface area contributed by atoms with Crippen LogP contribution in [-0.2, 0) is 10.3 Å². The Balaban J connectivity index is 1.51. The zero-order chi connectivity index (χ0) is 24.9. The Kier molecular flexibility index (Phi) is 5.22. The Labute approximate surface area is 205 Å². The molecule has 1 unspecified atom stereocenters. The Hall–Kier alpha value is -4.25. The van der Waals surface area contributed by atoms with Crippen LogP contribution >= 0.6 is 0 Å². The molecule has 0 saturated heterocycles. The number of hydrogen-bond donors (Lipinski definition) is 3. The number of nitrogens with zero attached hydrogens (tertiary/aromatic N) is 6. The van der Waals surface area contributed by atoms with Crippen molar-refractivity contribution in [2.45, 2.75) is 50.3 Å². The molecule has 0 bridgehead atoms. The first-order valence-corrected chi connectivity index (χ1v) is 12.0. The van der Waals surface area contributed by atoms with Gasteiger partial charge in [0.2, 0.25) is 11.8 Å². The van der Waals surface area contributed by atoms with Gasteiger partial charge < -0.3 is 20.6 Å². The Morgan fingerprint density at radius 1 is 1.14 bits per heavy atom. The van der Waals surface area contributed by atoms with Gasteiger partial charge in [0, 0.05) is 0 Å². The van der Waals surface area contributed by atoms with Crippen LogP contribution in [0.2, 0.25) is 0 Å². The van der Waals surface area contributed by atoms with Gasteiger partial charge in [0.05, 0.1) is 30.0 Å². The van der Waals surface area contributed by atoms with Crippen molar-refractivity contribution in [2.75, 3.05) is 5.73 Å². The van der Waals surface area contributed by atoms with Gasteiger partial charge in [-0.15, -0.1) is 5.10 Å². The summed E-state index contributed by atoms with van der Waals surface area (Å²) in [5, 5.41) is 23.2. The van der Waals surface area contributed by atoms with Crippen molar-refractivity contribution >= 4 is 28.5 Å². The average Bonchev–Trinajstić information content (AvgIpc) is 3.65. The average molecular weight is 487 g/mol. The Morgan fingerprint density at radius 3 is 2.69 bits per heavy atom. The molecule has 4 heterocycles. The van der Waals surface area contributed by atoms with Gasteiger partial charge in [0.1, 0.15) is 0 Å². The van der Waals surface area contributed by atoms with E-state index in [0.29, 0.717) is 34.7 Å². The van der Waals surface area contributed by atoms with Gasteiger partial charge in [-0.1, -0.05) is 43.2 Å². The lowest BCUT2D eigenvalue weighted by molar-refractivity contribution is -0.129. The molecule has 4 N–H and O–H groups in total. The predicted molar refractivity (Wildman–Crippen MR) is 132 cm³/mol. The fourth-order valence-corrected chi connectivity index (χ4v) is 4.95. The maximum atomic E-state index is 13.9. The standard InChI is InChI=1S/C25H26N8O3/c1-25(15-8-3-2-4-9-15,23(35)28-17-10-5-6-11-18(17)34)33-22-16(14-27-33)21-29-20(19-12-7-13-36-19)31-32(21)24(26)30-22/h2-4,7-9,12-14,17-18,34H,5-6,10-11H2,1H3,(H2,26,30)(H,28,35)/t17-,18-,25?/m0/s1. The van der Waals surface area contributed by atoms with Crippen molar-refractivity contribution in [3.8, 4) is 11.6 Å². The molecule has 1 fully saturated rings. The number of carbonyl (C=O) groups is 1. The highest BCUT2D eigenvalue weighted by atomic mass is 16.3. The first kappa shape index (κ1) is 22.2. The summed E-state index contributed by atoms with van der Waals surface area (Å²) in [6, 6.07) is 12.6. The van der Waals surface area contributed by atoms with Crippen molar-refractivity contribution in [1.29, 1.82) is 0 Å². The Bertz CT molecular complexity index is 1540. The van der Waals surface area contributed by atoms with Crippen LogP contribution in [0.1, 0.15) is 38.2 Å². The van der Waals surface area contributed by atoms with Crippen LogP contribution in [0.25, 0.3) is 28.3 Å². The first-order valence-electron chi connectivity index (χ1n) is 12.0. The minimum absolute atomic E-state index is 0.100. The molecule has 6 rings (SSSR count). The zero-order valence-corrected chi connectivity index (χ0v) is 19.7. The van der Waals surface area contributed by atoms with E-state index in [-0.39, 0.29) is 17.9 Å². The molecule has 184 valence electrons. The monoisotopic (exact) mass is 486 g/mol. The number of benzene rings is 1. The molecule has 11 nitrogen and oxygen atoms in total. The van der Waals surface area contributed by atoms with Crippen LogP contribution in [0.5, 0.6) is 0 Å². The minimum Gasteiger partial charge on any atom is -0.461 e. The molecule has 1 aromatic carbocycles. The van der Waals surface area contributed by atoms with E-state index in [2.05, 4.69) is 25.5 Å². The molecule has 0 spiro atoms. The zero-order valence-electron chi connectivity index (χ0n) is 19.7. The van der Waals surface area contributed by atoms with E-state index in [1.165, 1.54) is 4.52 Å². The van der Waals surface area contributed by atoms with Crippen molar-refractivity contribution in [1.82, 2.24) is 34.7 Å². The van der Waals surface area contributed by atoms with Crippen molar-refractivity contribution in [3.63, 3.8) is 0 Å². The number of hydrogen-bond acceptors (Lipinski definition) is 8. The van der Waals surface area contributed by atoms with Gasteiger partial charge in [-0.05, 0) is 37.5 Å². The second kappa shape index (κ2) is 8.45. The summed E-state index contributed by atoms with van der Waals surface area (Å²) in [4.78, 5) is 23.1. The lowest BCUT2D eigenvalue weighted by Crippen LogP contribution is -2.54. The van der Waals surface area contributed by atoms with E-state index in [0.717, 1.165) is 24.8 Å². The van der Waals surface area contributed by atoms with Crippen LogP contribution in [-0.4, -0.2) is 52.5 Å². The highest BCUT2D eigenvalue weighted by molar-refractivity contribution is 5.94. The number of amides is 1. The van der Waals surface area contributed by atoms with E-state index in [9.17, 15) is 9.90 Å². The molecule has 0 aliphatic heterocycles. The number of anilines is 1. The SMILES string of the molecule is CC(C(=O)N[C@H]1CCCC[C@@H]1O)(c1ccccc1)n1ncc2c1nc(N)n1nc(-c3ccco3)nc21. The fourth-order valence-electron chi connectivity index (χ4n) is 4.95. The van der Waals surface area contributed by atoms with Crippen LogP contribution < -0.4 is 11.1 Å². The maximum Gasteiger partial charge on any atom is 0.252 e. The summed E-state index contributed by atoms with van der Waals surface area (Å²) >= 11 is 0. The number of aliphatic hydroxyl groups is 1. The lowest BCUT2D eigenvalue weighted by atomic mass is 9.88. The molecule has 36 heavy (non-hydrogen) atoms. The van der Waals surface area contributed by atoms with E-state index < -0.39 is 11.6 Å². The van der Waals surface area contributed by atoms with Crippen LogP contribution in [0.15, 0.2) is 59.3 Å². The number of nitrogens with two attached hydrogens (primary N) is 1. The number of furan rings is 1. The summed E-state index contributed by atoms with van der Waals surface area (Å²) in [6.07, 6.45) is 5.87. The number of rotatable bonds is 5. The molecule has 4 aromatic heterocycles. The van der Waals surface area contributed by atoms with E-state index in [1.807, 2.05) is 30.3 Å². The van der Waals surface area contributed by atoms with Crippen LogP contribution in [0, 0.1) is 0 Å². The topological polar surface area (TPSA) is 149 Å². The number of nitrogens with one attached hydrogen (secondary N) is 1. The molecule has 5 aromatic rings. The third-order valence-electron chi connectivity index (χ3n) is 7.02. The highest BCUT2D eigenvalue weighted by Crippen LogP contribution is 2.32. The largest absolute Gasteiger partial charge is 0.461 e. The van der Waals surface area contributed by atoms with Gasteiger partial charge in [-0.3, -0.25) is 4.79 Å². The molecule has 1 aliphatic carbocycles. The summed E-state index contributed by atoms with van der Waals surface area (Å²) in [5.74, 6) is 0.674. The Morgan fingerprint density at radius 2 is 1.94 bits per heavy atom. The van der Waals surface area contributed by atoms with Gasteiger partial charge >= 0.3 is 0 Å². The molecule has 1 amide bonds. The quantitative estimate of drug-likeness (QED) is 0.343. The maximum absolute atomic E-state index is 13.9.